The van der Waals surface area contributed by atoms with Crippen molar-refractivity contribution in [1.29, 1.82) is 0 Å². The van der Waals surface area contributed by atoms with Crippen molar-refractivity contribution in [2.75, 3.05) is 18.6 Å². The zero-order chi connectivity index (χ0) is 12.1. The second-order valence-corrected chi connectivity index (χ2v) is 6.76. The summed E-state index contributed by atoms with van der Waals surface area (Å²) in [6.45, 7) is 3.91. The monoisotopic (exact) mass is 236 g/mol. The lowest BCUT2D eigenvalue weighted by molar-refractivity contribution is -0.121. The molecule has 0 aliphatic carbocycles. The van der Waals surface area contributed by atoms with Crippen LogP contribution in [-0.4, -0.2) is 38.4 Å². The van der Waals surface area contributed by atoms with E-state index in [1.165, 1.54) is 6.26 Å². The van der Waals surface area contributed by atoms with Crippen LogP contribution in [0.3, 0.4) is 0 Å². The van der Waals surface area contributed by atoms with Crippen LogP contribution in [0.5, 0.6) is 0 Å². The summed E-state index contributed by atoms with van der Waals surface area (Å²) in [4.78, 5) is 11.2. The number of rotatable bonds is 6. The normalized spacial score (nSPS) is 12.5. The van der Waals surface area contributed by atoms with Gasteiger partial charge in [-0.25, -0.2) is 8.42 Å². The van der Waals surface area contributed by atoms with Gasteiger partial charge in [-0.05, 0) is 20.3 Å². The number of nitrogens with one attached hydrogen (secondary N) is 1. The van der Waals surface area contributed by atoms with Crippen molar-refractivity contribution < 1.29 is 13.2 Å². The summed E-state index contributed by atoms with van der Waals surface area (Å²) in [5.74, 6) is -0.0461. The highest BCUT2D eigenvalue weighted by Crippen LogP contribution is 2.02. The molecule has 90 valence electrons. The maximum Gasteiger partial charge on any atom is 0.221 e. The molecule has 6 heteroatoms. The van der Waals surface area contributed by atoms with Gasteiger partial charge < -0.3 is 11.1 Å². The predicted molar refractivity (Wildman–Crippen MR) is 60.2 cm³/mol. The third-order valence-corrected chi connectivity index (χ3v) is 2.66. The van der Waals surface area contributed by atoms with Crippen molar-refractivity contribution in [3.8, 4) is 0 Å². The van der Waals surface area contributed by atoms with Gasteiger partial charge in [-0.1, -0.05) is 0 Å². The minimum Gasteiger partial charge on any atom is -0.356 e. The van der Waals surface area contributed by atoms with Crippen LogP contribution >= 0.6 is 0 Å². The standard InChI is InChI=1S/C9H20N2O3S/c1-9(2,10)7-8(12)11-5-4-6-15(3,13)14/h4-7,10H2,1-3H3,(H,11,12). The van der Waals surface area contributed by atoms with E-state index in [2.05, 4.69) is 5.32 Å². The van der Waals surface area contributed by atoms with E-state index in [0.29, 0.717) is 13.0 Å². The maximum absolute atomic E-state index is 11.2. The van der Waals surface area contributed by atoms with Crippen LogP contribution in [0.15, 0.2) is 0 Å². The van der Waals surface area contributed by atoms with Crippen LogP contribution < -0.4 is 11.1 Å². The molecule has 0 rings (SSSR count). The zero-order valence-corrected chi connectivity index (χ0v) is 10.4. The van der Waals surface area contributed by atoms with E-state index in [4.69, 9.17) is 5.73 Å². The van der Waals surface area contributed by atoms with Gasteiger partial charge in [-0.3, -0.25) is 4.79 Å². The molecule has 0 radical (unpaired) electrons. The molecule has 0 unspecified atom stereocenters. The summed E-state index contributed by atoms with van der Waals surface area (Å²) in [5.41, 5.74) is 5.13. The molecule has 0 spiro atoms. The Bertz CT molecular complexity index is 304. The van der Waals surface area contributed by atoms with E-state index in [1.54, 1.807) is 13.8 Å². The summed E-state index contributed by atoms with van der Waals surface area (Å²) < 4.78 is 21.5. The third-order valence-electron chi connectivity index (χ3n) is 1.63. The third kappa shape index (κ3) is 11.3. The Hall–Kier alpha value is -0.620. The second kappa shape index (κ2) is 5.46. The molecule has 1 amide bonds. The molecule has 0 aliphatic heterocycles. The highest BCUT2D eigenvalue weighted by atomic mass is 32.2. The lowest BCUT2D eigenvalue weighted by Gasteiger charge is -2.17. The molecule has 5 nitrogen and oxygen atoms in total. The molecule has 0 aromatic carbocycles. The van der Waals surface area contributed by atoms with Gasteiger partial charge in [-0.15, -0.1) is 0 Å². The fourth-order valence-corrected chi connectivity index (χ4v) is 1.71. The first-order valence-corrected chi connectivity index (χ1v) is 6.89. The summed E-state index contributed by atoms with van der Waals surface area (Å²) in [7, 11) is -2.93. The number of nitrogens with two attached hydrogens (primary N) is 1. The predicted octanol–water partition coefficient (Wildman–Crippen LogP) is -0.335. The molecule has 15 heavy (non-hydrogen) atoms. The van der Waals surface area contributed by atoms with Gasteiger partial charge in [0.1, 0.15) is 9.84 Å². The molecule has 0 aromatic rings. The summed E-state index contributed by atoms with van der Waals surface area (Å²) in [6, 6.07) is 0. The van der Waals surface area contributed by atoms with Crippen molar-refractivity contribution in [3.05, 3.63) is 0 Å². The van der Waals surface area contributed by atoms with E-state index >= 15 is 0 Å². The van der Waals surface area contributed by atoms with Crippen LogP contribution in [-0.2, 0) is 14.6 Å². The van der Waals surface area contributed by atoms with Crippen LogP contribution in [0.1, 0.15) is 26.7 Å². The number of sulfone groups is 1. The first kappa shape index (κ1) is 14.4. The van der Waals surface area contributed by atoms with Crippen molar-refractivity contribution >= 4 is 15.7 Å². The van der Waals surface area contributed by atoms with Crippen LogP contribution in [0.25, 0.3) is 0 Å². The highest BCUT2D eigenvalue weighted by molar-refractivity contribution is 7.90. The van der Waals surface area contributed by atoms with Gasteiger partial charge in [-0.2, -0.15) is 0 Å². The van der Waals surface area contributed by atoms with Crippen molar-refractivity contribution in [2.24, 2.45) is 5.73 Å². The smallest absolute Gasteiger partial charge is 0.221 e. The highest BCUT2D eigenvalue weighted by Gasteiger charge is 2.15. The minimum absolute atomic E-state index is 0.0965. The molecule has 0 bridgehead atoms. The van der Waals surface area contributed by atoms with Gasteiger partial charge in [0.05, 0.1) is 5.75 Å². The van der Waals surface area contributed by atoms with Gasteiger partial charge in [0, 0.05) is 24.8 Å². The van der Waals surface area contributed by atoms with Crippen LogP contribution in [0, 0.1) is 0 Å². The number of carbonyl (C=O) groups is 1. The molecule has 0 atom stereocenters. The SMILES string of the molecule is CC(C)(N)CC(=O)NCCCS(C)(=O)=O. The van der Waals surface area contributed by atoms with Gasteiger partial charge in [0.25, 0.3) is 0 Å². The average molecular weight is 236 g/mol. The quantitative estimate of drug-likeness (QED) is 0.618. The van der Waals surface area contributed by atoms with Crippen molar-refractivity contribution in [1.82, 2.24) is 5.32 Å². The zero-order valence-electron chi connectivity index (χ0n) is 9.54. The Morgan fingerprint density at radius 3 is 2.33 bits per heavy atom. The molecule has 0 saturated heterocycles. The molecule has 0 fully saturated rings. The fraction of sp³-hybridized carbons (Fsp3) is 0.889. The van der Waals surface area contributed by atoms with E-state index in [1.807, 2.05) is 0 Å². The summed E-state index contributed by atoms with van der Waals surface area (Å²) >= 11 is 0. The Balaban J connectivity index is 3.66. The second-order valence-electron chi connectivity index (χ2n) is 4.50. The molecular weight excluding hydrogens is 216 g/mol. The summed E-state index contributed by atoms with van der Waals surface area (Å²) in [5, 5.41) is 2.63. The fourth-order valence-electron chi connectivity index (χ4n) is 1.04. The lowest BCUT2D eigenvalue weighted by Crippen LogP contribution is -2.39. The molecule has 0 aromatic heterocycles. The molecule has 3 N–H and O–H groups in total. The first-order chi connectivity index (χ1) is 6.60. The van der Waals surface area contributed by atoms with Crippen LogP contribution in [0.2, 0.25) is 0 Å². The molecule has 0 aliphatic rings. The van der Waals surface area contributed by atoms with Gasteiger partial charge in [0.2, 0.25) is 5.91 Å². The van der Waals surface area contributed by atoms with Crippen LogP contribution in [0.4, 0.5) is 0 Å². The minimum atomic E-state index is -2.93. The Morgan fingerprint density at radius 2 is 1.93 bits per heavy atom. The number of amides is 1. The topological polar surface area (TPSA) is 89.3 Å². The summed E-state index contributed by atoms with van der Waals surface area (Å²) in [6.07, 6.45) is 1.86. The van der Waals surface area contributed by atoms with Crippen molar-refractivity contribution in [3.63, 3.8) is 0 Å². The lowest BCUT2D eigenvalue weighted by atomic mass is 10.0. The molecular formula is C9H20N2O3S. The average Bonchev–Trinajstić information content (AvgIpc) is 1.92. The Labute approximate surface area is 91.3 Å². The number of hydrogen-bond donors (Lipinski definition) is 2. The first-order valence-electron chi connectivity index (χ1n) is 4.83. The molecule has 0 heterocycles. The van der Waals surface area contributed by atoms with E-state index in [0.717, 1.165) is 0 Å². The Morgan fingerprint density at radius 1 is 1.40 bits per heavy atom. The van der Waals surface area contributed by atoms with Gasteiger partial charge in [0.15, 0.2) is 0 Å². The Kier molecular flexibility index (Phi) is 5.23. The van der Waals surface area contributed by atoms with E-state index < -0.39 is 15.4 Å². The van der Waals surface area contributed by atoms with E-state index in [9.17, 15) is 13.2 Å². The maximum atomic E-state index is 11.2. The van der Waals surface area contributed by atoms with Crippen molar-refractivity contribution in [2.45, 2.75) is 32.2 Å². The van der Waals surface area contributed by atoms with E-state index in [-0.39, 0.29) is 18.1 Å². The number of carbonyl (C=O) groups excluding carboxylic acids is 1. The van der Waals surface area contributed by atoms with Gasteiger partial charge >= 0.3 is 0 Å². The number of hydrogen-bond acceptors (Lipinski definition) is 4. The largest absolute Gasteiger partial charge is 0.356 e. The molecule has 0 saturated carbocycles.